The predicted octanol–water partition coefficient (Wildman–Crippen LogP) is 6.48. The molecule has 6 rings (SSSR count). The van der Waals surface area contributed by atoms with E-state index >= 15 is 0 Å². The summed E-state index contributed by atoms with van der Waals surface area (Å²) >= 11 is 6.47. The molecule has 212 valence electrons. The van der Waals surface area contributed by atoms with Crippen LogP contribution in [0.4, 0.5) is 11.6 Å². The summed E-state index contributed by atoms with van der Waals surface area (Å²) < 4.78 is 23.3. The van der Waals surface area contributed by atoms with Crippen molar-refractivity contribution in [3.8, 4) is 28.9 Å². The number of nitrogens with zero attached hydrogens (tertiary/aromatic N) is 3. The highest BCUT2D eigenvalue weighted by Crippen LogP contribution is 2.36. The van der Waals surface area contributed by atoms with Crippen LogP contribution in [0.3, 0.4) is 0 Å². The van der Waals surface area contributed by atoms with Gasteiger partial charge in [-0.15, -0.1) is 0 Å². The maximum absolute atomic E-state index is 6.47. The molecule has 10 nitrogen and oxygen atoms in total. The van der Waals surface area contributed by atoms with Crippen molar-refractivity contribution in [1.82, 2.24) is 25.3 Å². The van der Waals surface area contributed by atoms with Crippen molar-refractivity contribution in [2.24, 2.45) is 5.92 Å². The lowest BCUT2D eigenvalue weighted by atomic mass is 9.93. The number of aromatic nitrogens is 4. The molecule has 1 aliphatic rings. The minimum absolute atomic E-state index is 0.0737. The van der Waals surface area contributed by atoms with Crippen LogP contribution >= 0.6 is 11.6 Å². The van der Waals surface area contributed by atoms with Gasteiger partial charge in [-0.05, 0) is 69.1 Å². The lowest BCUT2D eigenvalue weighted by molar-refractivity contribution is 0.128. The topological polar surface area (TPSA) is 115 Å². The molecule has 1 atom stereocenters. The maximum Gasteiger partial charge on any atom is 0.230 e. The van der Waals surface area contributed by atoms with Crippen LogP contribution in [0.15, 0.2) is 54.9 Å². The third-order valence-electron chi connectivity index (χ3n) is 7.33. The number of halogens is 1. The van der Waals surface area contributed by atoms with Crippen LogP contribution in [0, 0.1) is 5.92 Å². The SMILES string of the molecule is COc1cc2ncnc(Oc3ccc4nc(Nc5ccc(Cl)c(OC(C)C6CCNCC6)c5)[nH]c4c3)c2cc1OC. The number of H-pyrrole nitrogens is 1. The Hall–Kier alpha value is -4.28. The van der Waals surface area contributed by atoms with Gasteiger partial charge in [0.15, 0.2) is 11.5 Å². The quantitative estimate of drug-likeness (QED) is 0.182. The molecule has 0 spiro atoms. The number of hydrogen-bond donors (Lipinski definition) is 3. The molecule has 0 aliphatic carbocycles. The standard InChI is InChI=1S/C30H31ClN6O4/c1-17(18-8-10-32-11-9-18)40-26-12-19(4-6-22(26)31)35-30-36-23-7-5-20(13-25(23)37-30)41-29-21-14-27(38-2)28(39-3)15-24(21)33-16-34-29/h4-7,12-18,32H,8-11H2,1-3H3,(H2,35,36,37). The van der Waals surface area contributed by atoms with Crippen LogP contribution in [0.2, 0.25) is 5.02 Å². The molecule has 1 fully saturated rings. The first-order valence-electron chi connectivity index (χ1n) is 13.5. The lowest BCUT2D eigenvalue weighted by Crippen LogP contribution is -2.35. The number of benzene rings is 3. The number of piperidine rings is 1. The van der Waals surface area contributed by atoms with Gasteiger partial charge in [0, 0.05) is 23.9 Å². The normalized spacial score (nSPS) is 14.6. The second-order valence-electron chi connectivity index (χ2n) is 9.95. The van der Waals surface area contributed by atoms with Gasteiger partial charge >= 0.3 is 0 Å². The molecule has 0 amide bonds. The molecule has 3 aromatic carbocycles. The number of hydrogen-bond acceptors (Lipinski definition) is 9. The summed E-state index contributed by atoms with van der Waals surface area (Å²) in [6.07, 6.45) is 3.72. The van der Waals surface area contributed by atoms with Gasteiger partial charge in [0.1, 0.15) is 17.8 Å². The van der Waals surface area contributed by atoms with Crippen LogP contribution in [-0.2, 0) is 0 Å². The van der Waals surface area contributed by atoms with Crippen molar-refractivity contribution in [3.63, 3.8) is 0 Å². The molecule has 11 heteroatoms. The lowest BCUT2D eigenvalue weighted by Gasteiger charge is -2.29. The fourth-order valence-electron chi connectivity index (χ4n) is 5.08. The summed E-state index contributed by atoms with van der Waals surface area (Å²) in [6.45, 7) is 4.15. The Kier molecular flexibility index (Phi) is 7.67. The van der Waals surface area contributed by atoms with E-state index in [0.717, 1.165) is 42.7 Å². The zero-order chi connectivity index (χ0) is 28.3. The van der Waals surface area contributed by atoms with E-state index < -0.39 is 0 Å². The molecular formula is C30H31ClN6O4. The Morgan fingerprint density at radius 3 is 2.54 bits per heavy atom. The van der Waals surface area contributed by atoms with Crippen molar-refractivity contribution >= 4 is 45.2 Å². The van der Waals surface area contributed by atoms with Gasteiger partial charge in [0.2, 0.25) is 11.8 Å². The Bertz CT molecular complexity index is 1690. The predicted molar refractivity (Wildman–Crippen MR) is 159 cm³/mol. The average molecular weight is 575 g/mol. The van der Waals surface area contributed by atoms with E-state index in [4.69, 9.17) is 30.5 Å². The van der Waals surface area contributed by atoms with Gasteiger partial charge in [-0.2, -0.15) is 0 Å². The summed E-state index contributed by atoms with van der Waals surface area (Å²) in [5, 5.41) is 8.01. The number of ether oxygens (including phenoxy) is 4. The molecule has 1 aliphatic heterocycles. The second kappa shape index (κ2) is 11.7. The number of rotatable bonds is 9. The second-order valence-corrected chi connectivity index (χ2v) is 10.4. The van der Waals surface area contributed by atoms with Crippen LogP contribution in [0.25, 0.3) is 21.9 Å². The first-order valence-corrected chi connectivity index (χ1v) is 13.9. The summed E-state index contributed by atoms with van der Waals surface area (Å²) in [5.74, 6) is 3.88. The summed E-state index contributed by atoms with van der Waals surface area (Å²) in [5.41, 5.74) is 3.07. The minimum atomic E-state index is 0.0737. The first-order chi connectivity index (χ1) is 20.0. The highest BCUT2D eigenvalue weighted by Gasteiger charge is 2.22. The zero-order valence-electron chi connectivity index (χ0n) is 23.0. The molecule has 1 unspecified atom stereocenters. The van der Waals surface area contributed by atoms with Crippen molar-refractivity contribution in [1.29, 1.82) is 0 Å². The van der Waals surface area contributed by atoms with Crippen LogP contribution < -0.4 is 29.6 Å². The van der Waals surface area contributed by atoms with Gasteiger partial charge in [-0.25, -0.2) is 15.0 Å². The third-order valence-corrected chi connectivity index (χ3v) is 7.64. The first kappa shape index (κ1) is 26.9. The molecule has 0 bridgehead atoms. The Balaban J connectivity index is 1.20. The number of methoxy groups -OCH3 is 2. The fourth-order valence-corrected chi connectivity index (χ4v) is 5.24. The van der Waals surface area contributed by atoms with E-state index in [-0.39, 0.29) is 6.10 Å². The number of imidazole rings is 1. The van der Waals surface area contributed by atoms with E-state index in [2.05, 4.69) is 37.5 Å². The molecular weight excluding hydrogens is 544 g/mol. The van der Waals surface area contributed by atoms with Gasteiger partial charge < -0.3 is 34.6 Å². The summed E-state index contributed by atoms with van der Waals surface area (Å²) in [7, 11) is 3.17. The molecule has 3 heterocycles. The van der Waals surface area contributed by atoms with Crippen molar-refractivity contribution in [2.75, 3.05) is 32.6 Å². The van der Waals surface area contributed by atoms with E-state index in [1.54, 1.807) is 26.4 Å². The van der Waals surface area contributed by atoms with Gasteiger partial charge in [-0.1, -0.05) is 11.6 Å². The largest absolute Gasteiger partial charge is 0.493 e. The molecule has 2 aromatic heterocycles. The molecule has 1 saturated heterocycles. The van der Waals surface area contributed by atoms with Crippen LogP contribution in [0.1, 0.15) is 19.8 Å². The molecule has 3 N–H and O–H groups in total. The highest BCUT2D eigenvalue weighted by atomic mass is 35.5. The van der Waals surface area contributed by atoms with Gasteiger partial charge in [-0.3, -0.25) is 0 Å². The molecule has 5 aromatic rings. The van der Waals surface area contributed by atoms with E-state index in [9.17, 15) is 0 Å². The fraction of sp³-hybridized carbons (Fsp3) is 0.300. The smallest absolute Gasteiger partial charge is 0.230 e. The van der Waals surface area contributed by atoms with Crippen molar-refractivity contribution < 1.29 is 18.9 Å². The number of fused-ring (bicyclic) bond motifs is 2. The van der Waals surface area contributed by atoms with Crippen LogP contribution in [-0.4, -0.2) is 53.3 Å². The number of aromatic amines is 1. The average Bonchev–Trinajstić information content (AvgIpc) is 3.40. The van der Waals surface area contributed by atoms with E-state index in [0.29, 0.717) is 56.7 Å². The monoisotopic (exact) mass is 574 g/mol. The van der Waals surface area contributed by atoms with Gasteiger partial charge in [0.25, 0.3) is 0 Å². The Morgan fingerprint density at radius 1 is 0.927 bits per heavy atom. The number of anilines is 2. The number of nitrogens with one attached hydrogen (secondary N) is 3. The minimum Gasteiger partial charge on any atom is -0.493 e. The van der Waals surface area contributed by atoms with Crippen molar-refractivity contribution in [3.05, 3.63) is 59.9 Å². The van der Waals surface area contributed by atoms with Gasteiger partial charge in [0.05, 0.1) is 47.3 Å². The Morgan fingerprint density at radius 2 is 1.73 bits per heavy atom. The highest BCUT2D eigenvalue weighted by molar-refractivity contribution is 6.32. The van der Waals surface area contributed by atoms with E-state index in [1.807, 2.05) is 36.4 Å². The zero-order valence-corrected chi connectivity index (χ0v) is 23.8. The van der Waals surface area contributed by atoms with Crippen LogP contribution in [0.5, 0.6) is 28.9 Å². The van der Waals surface area contributed by atoms with Crippen molar-refractivity contribution in [2.45, 2.75) is 25.9 Å². The molecule has 0 radical (unpaired) electrons. The summed E-state index contributed by atoms with van der Waals surface area (Å²) in [6, 6.07) is 14.8. The maximum atomic E-state index is 6.47. The Labute approximate surface area is 242 Å². The summed E-state index contributed by atoms with van der Waals surface area (Å²) in [4.78, 5) is 16.7. The molecule has 0 saturated carbocycles. The molecule has 41 heavy (non-hydrogen) atoms. The third kappa shape index (κ3) is 5.79. The van der Waals surface area contributed by atoms with E-state index in [1.165, 1.54) is 6.33 Å².